The van der Waals surface area contributed by atoms with E-state index in [0.717, 1.165) is 6.07 Å². The van der Waals surface area contributed by atoms with Crippen LogP contribution in [0, 0.1) is 34.1 Å². The zero-order valence-electron chi connectivity index (χ0n) is 9.28. The predicted molar refractivity (Wildman–Crippen MR) is 67.7 cm³/mol. The molecule has 0 heterocycles. The first-order valence-corrected chi connectivity index (χ1v) is 6.10. The van der Waals surface area contributed by atoms with Gasteiger partial charge in [-0.2, -0.15) is 4.39 Å². The van der Waals surface area contributed by atoms with Crippen LogP contribution in [0.3, 0.4) is 0 Å². The minimum absolute atomic E-state index is 0.168. The van der Waals surface area contributed by atoms with Crippen LogP contribution in [-0.4, -0.2) is 23.0 Å². The van der Waals surface area contributed by atoms with E-state index in [1.54, 1.807) is 0 Å². The van der Waals surface area contributed by atoms with Crippen molar-refractivity contribution >= 4 is 23.1 Å². The minimum Gasteiger partial charge on any atom is -0.378 e. The third kappa shape index (κ3) is 3.89. The van der Waals surface area contributed by atoms with Gasteiger partial charge in [-0.25, -0.2) is 4.39 Å². The lowest BCUT2D eigenvalue weighted by atomic mass is 10.2. The summed E-state index contributed by atoms with van der Waals surface area (Å²) in [6, 6.07) is 1.38. The molecule has 18 heavy (non-hydrogen) atoms. The fourth-order valence-electron chi connectivity index (χ4n) is 1.28. The summed E-state index contributed by atoms with van der Waals surface area (Å²) in [4.78, 5) is 9.78. The van der Waals surface area contributed by atoms with Crippen molar-refractivity contribution in [3.8, 4) is 12.3 Å². The van der Waals surface area contributed by atoms with Crippen molar-refractivity contribution in [1.29, 1.82) is 0 Å². The summed E-state index contributed by atoms with van der Waals surface area (Å²) >= 11 is 1.44. The Balaban J connectivity index is 2.75. The minimum atomic E-state index is -1.20. The zero-order chi connectivity index (χ0) is 13.5. The van der Waals surface area contributed by atoms with E-state index in [2.05, 4.69) is 11.2 Å². The predicted octanol–water partition coefficient (Wildman–Crippen LogP) is 2.65. The molecule has 0 bridgehead atoms. The Kier molecular flexibility index (Phi) is 5.39. The number of terminal acetylenes is 1. The average molecular weight is 272 g/mol. The van der Waals surface area contributed by atoms with Gasteiger partial charge in [0, 0.05) is 24.4 Å². The zero-order valence-corrected chi connectivity index (χ0v) is 10.1. The van der Waals surface area contributed by atoms with Crippen LogP contribution in [0.2, 0.25) is 0 Å². The first kappa shape index (κ1) is 14.3. The molecule has 0 aliphatic rings. The second-order valence-electron chi connectivity index (χ2n) is 3.22. The maximum atomic E-state index is 13.2. The van der Waals surface area contributed by atoms with Crippen molar-refractivity contribution in [2.45, 2.75) is 0 Å². The molecule has 0 unspecified atom stereocenters. The molecule has 4 nitrogen and oxygen atoms in total. The van der Waals surface area contributed by atoms with Crippen molar-refractivity contribution in [2.24, 2.45) is 0 Å². The first-order valence-electron chi connectivity index (χ1n) is 4.94. The van der Waals surface area contributed by atoms with Gasteiger partial charge in [0.1, 0.15) is 11.5 Å². The summed E-state index contributed by atoms with van der Waals surface area (Å²) in [5, 5.41) is 13.3. The molecule has 0 fully saturated rings. The van der Waals surface area contributed by atoms with E-state index in [1.165, 1.54) is 11.8 Å². The Morgan fingerprint density at radius 1 is 1.50 bits per heavy atom. The molecule has 96 valence electrons. The Morgan fingerprint density at radius 2 is 2.22 bits per heavy atom. The smallest absolute Gasteiger partial charge is 0.327 e. The van der Waals surface area contributed by atoms with Gasteiger partial charge in [-0.1, -0.05) is 5.92 Å². The molecule has 0 saturated heterocycles. The van der Waals surface area contributed by atoms with Crippen LogP contribution in [0.25, 0.3) is 0 Å². The number of nitrogens with zero attached hydrogens (tertiary/aromatic N) is 1. The molecule has 0 saturated carbocycles. The Labute approximate surface area is 107 Å². The quantitative estimate of drug-likeness (QED) is 0.374. The molecule has 0 radical (unpaired) electrons. The standard InChI is InChI=1S/C11H10F2N2O2S/c1-2-4-18-5-3-14-10-7-8(12)6-9(13)11(10)15(16)17/h1,6-7,14H,3-5H2. The first-order chi connectivity index (χ1) is 8.56. The van der Waals surface area contributed by atoms with Gasteiger partial charge >= 0.3 is 5.69 Å². The topological polar surface area (TPSA) is 55.2 Å². The van der Waals surface area contributed by atoms with E-state index in [9.17, 15) is 18.9 Å². The lowest BCUT2D eigenvalue weighted by Gasteiger charge is -2.07. The number of nitro groups is 1. The van der Waals surface area contributed by atoms with Crippen LogP contribution >= 0.6 is 11.8 Å². The summed E-state index contributed by atoms with van der Waals surface area (Å²) in [6.07, 6.45) is 5.05. The number of nitrogens with one attached hydrogen (secondary N) is 1. The number of nitro benzene ring substituents is 1. The summed E-state index contributed by atoms with van der Waals surface area (Å²) < 4.78 is 26.2. The molecule has 0 aliphatic carbocycles. The highest BCUT2D eigenvalue weighted by Crippen LogP contribution is 2.28. The van der Waals surface area contributed by atoms with Crippen molar-refractivity contribution in [3.63, 3.8) is 0 Å². The van der Waals surface area contributed by atoms with Crippen molar-refractivity contribution in [2.75, 3.05) is 23.4 Å². The maximum Gasteiger partial charge on any atom is 0.327 e. The Morgan fingerprint density at radius 3 is 2.83 bits per heavy atom. The fourth-order valence-corrected chi connectivity index (χ4v) is 1.78. The molecule has 1 aromatic carbocycles. The third-order valence-electron chi connectivity index (χ3n) is 1.96. The van der Waals surface area contributed by atoms with Gasteiger partial charge in [0.25, 0.3) is 0 Å². The van der Waals surface area contributed by atoms with E-state index in [0.29, 0.717) is 24.1 Å². The van der Waals surface area contributed by atoms with E-state index in [1.807, 2.05) is 0 Å². The van der Waals surface area contributed by atoms with Gasteiger partial charge in [0.2, 0.25) is 5.82 Å². The van der Waals surface area contributed by atoms with Gasteiger partial charge in [-0.3, -0.25) is 10.1 Å². The van der Waals surface area contributed by atoms with Gasteiger partial charge in [0.05, 0.1) is 10.7 Å². The highest BCUT2D eigenvalue weighted by atomic mass is 32.2. The summed E-state index contributed by atoms with van der Waals surface area (Å²) in [7, 11) is 0. The molecule has 1 rings (SSSR count). The number of rotatable bonds is 6. The number of halogens is 2. The highest BCUT2D eigenvalue weighted by Gasteiger charge is 2.21. The molecular formula is C11H10F2N2O2S. The van der Waals surface area contributed by atoms with Gasteiger partial charge in [-0.05, 0) is 0 Å². The van der Waals surface area contributed by atoms with E-state index in [-0.39, 0.29) is 5.69 Å². The van der Waals surface area contributed by atoms with Gasteiger partial charge in [-0.15, -0.1) is 18.2 Å². The Bertz CT molecular complexity index is 489. The number of benzene rings is 1. The number of thioether (sulfide) groups is 1. The van der Waals surface area contributed by atoms with Crippen LogP contribution in [-0.2, 0) is 0 Å². The summed E-state index contributed by atoms with van der Waals surface area (Å²) in [5.74, 6) is 1.46. The molecule has 0 amide bonds. The number of hydrogen-bond acceptors (Lipinski definition) is 4. The lowest BCUT2D eigenvalue weighted by Crippen LogP contribution is -2.08. The number of hydrogen-bond donors (Lipinski definition) is 1. The molecule has 0 aliphatic heterocycles. The second-order valence-corrected chi connectivity index (χ2v) is 4.33. The fraction of sp³-hybridized carbons (Fsp3) is 0.273. The van der Waals surface area contributed by atoms with Crippen molar-refractivity contribution in [1.82, 2.24) is 0 Å². The third-order valence-corrected chi connectivity index (χ3v) is 2.82. The second kappa shape index (κ2) is 6.81. The largest absolute Gasteiger partial charge is 0.378 e. The van der Waals surface area contributed by atoms with E-state index in [4.69, 9.17) is 6.42 Å². The lowest BCUT2D eigenvalue weighted by molar-refractivity contribution is -0.386. The summed E-state index contributed by atoms with van der Waals surface area (Å²) in [6.45, 7) is 0.329. The van der Waals surface area contributed by atoms with Crippen molar-refractivity contribution < 1.29 is 13.7 Å². The van der Waals surface area contributed by atoms with E-state index < -0.39 is 22.2 Å². The molecule has 0 aromatic heterocycles. The van der Waals surface area contributed by atoms with Crippen LogP contribution in [0.1, 0.15) is 0 Å². The van der Waals surface area contributed by atoms with Crippen LogP contribution < -0.4 is 5.32 Å². The van der Waals surface area contributed by atoms with Crippen LogP contribution in [0.4, 0.5) is 20.2 Å². The van der Waals surface area contributed by atoms with E-state index >= 15 is 0 Å². The molecule has 0 spiro atoms. The molecule has 1 N–H and O–H groups in total. The molecular weight excluding hydrogens is 262 g/mol. The molecule has 1 aromatic rings. The Hall–Kier alpha value is -1.81. The molecule has 7 heteroatoms. The average Bonchev–Trinajstić information content (AvgIpc) is 2.27. The van der Waals surface area contributed by atoms with Gasteiger partial charge < -0.3 is 5.32 Å². The van der Waals surface area contributed by atoms with Crippen molar-refractivity contribution in [3.05, 3.63) is 33.9 Å². The summed E-state index contributed by atoms with van der Waals surface area (Å²) in [5.41, 5.74) is -0.919. The SMILES string of the molecule is C#CCSCCNc1cc(F)cc(F)c1[N+](=O)[O-]. The monoisotopic (exact) mass is 272 g/mol. The highest BCUT2D eigenvalue weighted by molar-refractivity contribution is 7.99. The van der Waals surface area contributed by atoms with Gasteiger partial charge in [0.15, 0.2) is 0 Å². The molecule has 0 atom stereocenters. The van der Waals surface area contributed by atoms with Crippen LogP contribution in [0.15, 0.2) is 12.1 Å². The van der Waals surface area contributed by atoms with Crippen LogP contribution in [0.5, 0.6) is 0 Å². The maximum absolute atomic E-state index is 13.2. The number of anilines is 1. The normalized spacial score (nSPS) is 9.83.